The van der Waals surface area contributed by atoms with Crippen LogP contribution in [0.25, 0.3) is 0 Å². The molecular formula is C18H31NOS. The van der Waals surface area contributed by atoms with E-state index in [-0.39, 0.29) is 5.60 Å². The summed E-state index contributed by atoms with van der Waals surface area (Å²) in [5, 5.41) is 3.82. The molecule has 0 bridgehead atoms. The minimum atomic E-state index is 0.277. The topological polar surface area (TPSA) is 21.3 Å². The normalized spacial score (nSPS) is 44.3. The van der Waals surface area contributed by atoms with E-state index in [1.807, 2.05) is 0 Å². The molecule has 0 amide bonds. The van der Waals surface area contributed by atoms with Gasteiger partial charge >= 0.3 is 0 Å². The molecule has 4 atom stereocenters. The van der Waals surface area contributed by atoms with Gasteiger partial charge in [-0.1, -0.05) is 12.8 Å². The Labute approximate surface area is 134 Å². The lowest BCUT2D eigenvalue weighted by atomic mass is 9.67. The molecule has 21 heavy (non-hydrogen) atoms. The summed E-state index contributed by atoms with van der Waals surface area (Å²) in [5.74, 6) is 5.47. The van der Waals surface area contributed by atoms with Gasteiger partial charge in [-0.15, -0.1) is 0 Å². The van der Waals surface area contributed by atoms with Crippen molar-refractivity contribution in [1.82, 2.24) is 5.32 Å². The first-order chi connectivity index (χ1) is 10.3. The zero-order valence-electron chi connectivity index (χ0n) is 13.3. The van der Waals surface area contributed by atoms with E-state index in [1.54, 1.807) is 0 Å². The summed E-state index contributed by atoms with van der Waals surface area (Å²) in [5.41, 5.74) is 0.277. The quantitative estimate of drug-likeness (QED) is 0.852. The Morgan fingerprint density at radius 3 is 2.81 bits per heavy atom. The highest BCUT2D eigenvalue weighted by Crippen LogP contribution is 2.46. The summed E-state index contributed by atoms with van der Waals surface area (Å²) in [6.45, 7) is 2.33. The third kappa shape index (κ3) is 3.45. The highest BCUT2D eigenvalue weighted by atomic mass is 32.2. The van der Waals surface area contributed by atoms with Crippen LogP contribution in [0, 0.1) is 17.8 Å². The van der Waals surface area contributed by atoms with Gasteiger partial charge in [0.05, 0.1) is 5.60 Å². The Bertz CT molecular complexity index is 351. The first-order valence-electron chi connectivity index (χ1n) is 9.30. The third-order valence-electron chi connectivity index (χ3n) is 6.42. The molecule has 2 aliphatic carbocycles. The van der Waals surface area contributed by atoms with Gasteiger partial charge in [0, 0.05) is 18.4 Å². The van der Waals surface area contributed by atoms with Gasteiger partial charge in [0.2, 0.25) is 0 Å². The largest absolute Gasteiger partial charge is 0.374 e. The maximum absolute atomic E-state index is 6.25. The summed E-state index contributed by atoms with van der Waals surface area (Å²) in [4.78, 5) is 0. The van der Waals surface area contributed by atoms with Crippen molar-refractivity contribution in [3.63, 3.8) is 0 Å². The lowest BCUT2D eigenvalue weighted by Gasteiger charge is -2.45. The molecule has 3 heteroatoms. The van der Waals surface area contributed by atoms with Crippen molar-refractivity contribution >= 4 is 11.8 Å². The van der Waals surface area contributed by atoms with Gasteiger partial charge in [-0.25, -0.2) is 0 Å². The van der Waals surface area contributed by atoms with Crippen molar-refractivity contribution in [2.24, 2.45) is 17.8 Å². The Balaban J connectivity index is 1.39. The monoisotopic (exact) mass is 309 g/mol. The number of thioether (sulfide) groups is 1. The van der Waals surface area contributed by atoms with Crippen molar-refractivity contribution in [2.45, 2.75) is 69.4 Å². The number of hydrogen-bond acceptors (Lipinski definition) is 3. The Kier molecular flexibility index (Phi) is 4.53. The van der Waals surface area contributed by atoms with Crippen LogP contribution in [0.1, 0.15) is 57.8 Å². The van der Waals surface area contributed by atoms with Crippen molar-refractivity contribution in [2.75, 3.05) is 24.7 Å². The first-order valence-corrected chi connectivity index (χ1v) is 10.5. The lowest BCUT2D eigenvalue weighted by molar-refractivity contribution is -0.0966. The van der Waals surface area contributed by atoms with E-state index < -0.39 is 0 Å². The van der Waals surface area contributed by atoms with E-state index in [0.717, 1.165) is 30.4 Å². The van der Waals surface area contributed by atoms with Crippen LogP contribution >= 0.6 is 11.8 Å². The molecule has 120 valence electrons. The molecule has 2 heterocycles. The molecular weight excluding hydrogens is 278 g/mol. The van der Waals surface area contributed by atoms with Crippen molar-refractivity contribution in [3.05, 3.63) is 0 Å². The van der Waals surface area contributed by atoms with E-state index in [9.17, 15) is 0 Å². The van der Waals surface area contributed by atoms with E-state index in [0.29, 0.717) is 0 Å². The standard InChI is InChI=1S/C18H31NOS/c1-2-4-17(15(3-1)12-19-16-5-6-16)14-7-9-20-18(11-14)8-10-21-13-18/h14-17,19H,1-13H2. The molecule has 2 aliphatic heterocycles. The van der Waals surface area contributed by atoms with Gasteiger partial charge in [0.25, 0.3) is 0 Å². The SMILES string of the molecule is C1CCC(C2CCOC3(CCSC3)C2)C(CNC2CC2)C1. The van der Waals surface area contributed by atoms with Crippen LogP contribution < -0.4 is 5.32 Å². The Morgan fingerprint density at radius 2 is 2.00 bits per heavy atom. The number of ether oxygens (including phenoxy) is 1. The predicted molar refractivity (Wildman–Crippen MR) is 89.8 cm³/mol. The van der Waals surface area contributed by atoms with Crippen LogP contribution in [0.4, 0.5) is 0 Å². The Hall–Kier alpha value is 0.270. The second kappa shape index (κ2) is 6.41. The summed E-state index contributed by atoms with van der Waals surface area (Å²) >= 11 is 2.11. The molecule has 4 unspecified atom stereocenters. The minimum Gasteiger partial charge on any atom is -0.374 e. The average Bonchev–Trinajstić information content (AvgIpc) is 3.26. The summed E-state index contributed by atoms with van der Waals surface area (Å²) < 4.78 is 6.25. The number of rotatable bonds is 4. The smallest absolute Gasteiger partial charge is 0.0783 e. The summed E-state index contributed by atoms with van der Waals surface area (Å²) in [6.07, 6.45) is 12.8. The van der Waals surface area contributed by atoms with Crippen LogP contribution in [0.2, 0.25) is 0 Å². The van der Waals surface area contributed by atoms with Gasteiger partial charge in [0.1, 0.15) is 0 Å². The molecule has 2 nitrogen and oxygen atoms in total. The molecule has 1 N–H and O–H groups in total. The van der Waals surface area contributed by atoms with Gasteiger partial charge in [-0.3, -0.25) is 0 Å². The summed E-state index contributed by atoms with van der Waals surface area (Å²) in [6, 6.07) is 0.875. The second-order valence-corrected chi connectivity index (χ2v) is 9.08. The average molecular weight is 310 g/mol. The fraction of sp³-hybridized carbons (Fsp3) is 1.00. The fourth-order valence-corrected chi connectivity index (χ4v) is 6.39. The fourth-order valence-electron chi connectivity index (χ4n) is 5.01. The zero-order chi connectivity index (χ0) is 14.1. The highest BCUT2D eigenvalue weighted by molar-refractivity contribution is 7.99. The number of nitrogens with one attached hydrogen (secondary N) is 1. The van der Waals surface area contributed by atoms with Gasteiger partial charge in [-0.2, -0.15) is 11.8 Å². The first kappa shape index (κ1) is 14.8. The van der Waals surface area contributed by atoms with Gasteiger partial charge in [0.15, 0.2) is 0 Å². The molecule has 0 aromatic heterocycles. The van der Waals surface area contributed by atoms with Crippen LogP contribution in [0.5, 0.6) is 0 Å². The Morgan fingerprint density at radius 1 is 1.10 bits per heavy atom. The van der Waals surface area contributed by atoms with Crippen molar-refractivity contribution < 1.29 is 4.74 Å². The molecule has 1 spiro atoms. The molecule has 2 saturated carbocycles. The van der Waals surface area contributed by atoms with Gasteiger partial charge < -0.3 is 10.1 Å². The second-order valence-electron chi connectivity index (χ2n) is 7.98. The van der Waals surface area contributed by atoms with Crippen molar-refractivity contribution in [1.29, 1.82) is 0 Å². The van der Waals surface area contributed by atoms with Crippen LogP contribution in [0.15, 0.2) is 0 Å². The lowest BCUT2D eigenvalue weighted by Crippen LogP contribution is -2.44. The van der Waals surface area contributed by atoms with E-state index in [4.69, 9.17) is 4.74 Å². The number of hydrogen-bond donors (Lipinski definition) is 1. The van der Waals surface area contributed by atoms with E-state index in [2.05, 4.69) is 17.1 Å². The minimum absolute atomic E-state index is 0.277. The molecule has 0 aromatic carbocycles. The third-order valence-corrected chi connectivity index (χ3v) is 7.64. The van der Waals surface area contributed by atoms with Crippen LogP contribution in [-0.2, 0) is 4.74 Å². The molecule has 4 rings (SSSR count). The van der Waals surface area contributed by atoms with E-state index in [1.165, 1.54) is 75.8 Å². The van der Waals surface area contributed by atoms with Gasteiger partial charge in [-0.05, 0) is 75.0 Å². The maximum Gasteiger partial charge on any atom is 0.0783 e. The van der Waals surface area contributed by atoms with Crippen LogP contribution in [-0.4, -0.2) is 36.3 Å². The summed E-state index contributed by atoms with van der Waals surface area (Å²) in [7, 11) is 0. The van der Waals surface area contributed by atoms with E-state index >= 15 is 0 Å². The van der Waals surface area contributed by atoms with Crippen molar-refractivity contribution in [3.8, 4) is 0 Å². The highest BCUT2D eigenvalue weighted by Gasteiger charge is 2.44. The molecule has 4 aliphatic rings. The molecule has 0 radical (unpaired) electrons. The molecule has 2 saturated heterocycles. The predicted octanol–water partition coefficient (Wildman–Crippen LogP) is 3.85. The molecule has 0 aromatic rings. The van der Waals surface area contributed by atoms with Crippen LogP contribution in [0.3, 0.4) is 0 Å². The maximum atomic E-state index is 6.25. The zero-order valence-corrected chi connectivity index (χ0v) is 14.1. The molecule has 4 fully saturated rings.